The molecular weight excluding hydrogens is 240 g/mol. The third kappa shape index (κ3) is 4.37. The second kappa shape index (κ2) is 6.60. The van der Waals surface area contributed by atoms with Gasteiger partial charge >= 0.3 is 6.03 Å². The number of rotatable bonds is 6. The lowest BCUT2D eigenvalue weighted by Crippen LogP contribution is -2.45. The van der Waals surface area contributed by atoms with E-state index in [9.17, 15) is 9.90 Å². The summed E-state index contributed by atoms with van der Waals surface area (Å²) in [5.41, 5.74) is -0.00384. The molecule has 0 aromatic heterocycles. The molecule has 2 amide bonds. The average molecular weight is 268 g/mol. The molecule has 2 saturated carbocycles. The second-order valence-electron chi connectivity index (χ2n) is 6.49. The fourth-order valence-corrected chi connectivity index (χ4v) is 3.08. The Morgan fingerprint density at radius 3 is 2.47 bits per heavy atom. The summed E-state index contributed by atoms with van der Waals surface area (Å²) in [6.45, 7) is 3.04. The minimum Gasteiger partial charge on any atom is -0.396 e. The molecule has 3 N–H and O–H groups in total. The highest BCUT2D eigenvalue weighted by Gasteiger charge is 2.42. The Kier molecular flexibility index (Phi) is 5.08. The highest BCUT2D eigenvalue weighted by molar-refractivity contribution is 5.74. The van der Waals surface area contributed by atoms with Crippen LogP contribution in [-0.2, 0) is 0 Å². The quantitative estimate of drug-likeness (QED) is 0.693. The van der Waals surface area contributed by atoms with E-state index in [-0.39, 0.29) is 18.1 Å². The molecule has 0 spiro atoms. The molecular formula is C15H28N2O2. The van der Waals surface area contributed by atoms with Crippen molar-refractivity contribution in [2.75, 3.05) is 13.2 Å². The molecule has 4 nitrogen and oxygen atoms in total. The van der Waals surface area contributed by atoms with E-state index in [4.69, 9.17) is 0 Å². The van der Waals surface area contributed by atoms with Crippen molar-refractivity contribution in [3.8, 4) is 0 Å². The van der Waals surface area contributed by atoms with Crippen LogP contribution in [0.25, 0.3) is 0 Å². The first-order valence-electron chi connectivity index (χ1n) is 7.83. The Hall–Kier alpha value is -0.770. The van der Waals surface area contributed by atoms with Gasteiger partial charge in [0.1, 0.15) is 0 Å². The molecule has 110 valence electrons. The Balaban J connectivity index is 1.61. The van der Waals surface area contributed by atoms with Crippen LogP contribution < -0.4 is 10.6 Å². The summed E-state index contributed by atoms with van der Waals surface area (Å²) >= 11 is 0. The molecule has 4 heteroatoms. The predicted molar refractivity (Wildman–Crippen MR) is 75.9 cm³/mol. The first-order valence-corrected chi connectivity index (χ1v) is 7.83. The Morgan fingerprint density at radius 1 is 1.26 bits per heavy atom. The zero-order valence-electron chi connectivity index (χ0n) is 12.1. The SMILES string of the molecule is CCCC1CCC(NC(=O)NCC2(CO)CC2)CC1. The molecule has 0 aromatic rings. The third-order valence-corrected chi connectivity index (χ3v) is 4.80. The highest BCUT2D eigenvalue weighted by atomic mass is 16.3. The number of aliphatic hydroxyl groups is 1. The van der Waals surface area contributed by atoms with Crippen LogP contribution >= 0.6 is 0 Å². The predicted octanol–water partition coefficient (Wildman–Crippen LogP) is 2.42. The van der Waals surface area contributed by atoms with Crippen LogP contribution in [-0.4, -0.2) is 30.3 Å². The minimum absolute atomic E-state index is 0.00384. The van der Waals surface area contributed by atoms with Crippen molar-refractivity contribution >= 4 is 6.03 Å². The van der Waals surface area contributed by atoms with E-state index in [0.717, 1.165) is 31.6 Å². The molecule has 19 heavy (non-hydrogen) atoms. The van der Waals surface area contributed by atoms with E-state index in [1.54, 1.807) is 0 Å². The van der Waals surface area contributed by atoms with E-state index in [0.29, 0.717) is 12.6 Å². The summed E-state index contributed by atoms with van der Waals surface area (Å²) in [5.74, 6) is 0.871. The highest BCUT2D eigenvalue weighted by Crippen LogP contribution is 2.44. The van der Waals surface area contributed by atoms with Crippen molar-refractivity contribution < 1.29 is 9.90 Å². The van der Waals surface area contributed by atoms with Gasteiger partial charge in [0, 0.05) is 18.0 Å². The van der Waals surface area contributed by atoms with Gasteiger partial charge in [-0.15, -0.1) is 0 Å². The molecule has 2 aliphatic carbocycles. The van der Waals surface area contributed by atoms with Gasteiger partial charge < -0.3 is 15.7 Å². The van der Waals surface area contributed by atoms with E-state index in [1.165, 1.54) is 25.7 Å². The van der Waals surface area contributed by atoms with E-state index < -0.39 is 0 Å². The molecule has 0 aliphatic heterocycles. The summed E-state index contributed by atoms with van der Waals surface area (Å²) in [7, 11) is 0. The average Bonchev–Trinajstić information content (AvgIpc) is 3.20. The van der Waals surface area contributed by atoms with Gasteiger partial charge in [-0.3, -0.25) is 0 Å². The lowest BCUT2D eigenvalue weighted by atomic mass is 9.83. The molecule has 0 bridgehead atoms. The third-order valence-electron chi connectivity index (χ3n) is 4.80. The van der Waals surface area contributed by atoms with Crippen LogP contribution in [0.15, 0.2) is 0 Å². The molecule has 0 saturated heterocycles. The minimum atomic E-state index is -0.0568. The van der Waals surface area contributed by atoms with Crippen LogP contribution in [0.2, 0.25) is 0 Å². The number of carbonyl (C=O) groups is 1. The number of amides is 2. The number of hydrogen-bond acceptors (Lipinski definition) is 2. The summed E-state index contributed by atoms with van der Waals surface area (Å²) in [4.78, 5) is 11.8. The van der Waals surface area contributed by atoms with Crippen molar-refractivity contribution in [2.45, 2.75) is 64.3 Å². The van der Waals surface area contributed by atoms with Crippen LogP contribution in [0.5, 0.6) is 0 Å². The Bertz CT molecular complexity index is 295. The largest absolute Gasteiger partial charge is 0.396 e. The summed E-state index contributed by atoms with van der Waals surface area (Å²) in [6.07, 6.45) is 9.40. The van der Waals surface area contributed by atoms with Gasteiger partial charge in [0.15, 0.2) is 0 Å². The number of urea groups is 1. The fraction of sp³-hybridized carbons (Fsp3) is 0.933. The van der Waals surface area contributed by atoms with Gasteiger partial charge in [0.2, 0.25) is 0 Å². The van der Waals surface area contributed by atoms with E-state index in [1.807, 2.05) is 0 Å². The monoisotopic (exact) mass is 268 g/mol. The van der Waals surface area contributed by atoms with Gasteiger partial charge in [0.25, 0.3) is 0 Å². The topological polar surface area (TPSA) is 61.4 Å². The van der Waals surface area contributed by atoms with Gasteiger partial charge in [-0.25, -0.2) is 4.79 Å². The summed E-state index contributed by atoms with van der Waals surface area (Å²) < 4.78 is 0. The smallest absolute Gasteiger partial charge is 0.315 e. The lowest BCUT2D eigenvalue weighted by molar-refractivity contribution is 0.199. The van der Waals surface area contributed by atoms with Crippen LogP contribution in [0.3, 0.4) is 0 Å². The zero-order valence-corrected chi connectivity index (χ0v) is 12.1. The lowest BCUT2D eigenvalue weighted by Gasteiger charge is -2.29. The van der Waals surface area contributed by atoms with E-state index in [2.05, 4.69) is 17.6 Å². The molecule has 0 unspecified atom stereocenters. The van der Waals surface area contributed by atoms with Gasteiger partial charge in [-0.1, -0.05) is 19.8 Å². The molecule has 0 radical (unpaired) electrons. The van der Waals surface area contributed by atoms with Crippen LogP contribution in [0.1, 0.15) is 58.3 Å². The number of carbonyl (C=O) groups excluding carboxylic acids is 1. The van der Waals surface area contributed by atoms with Crippen LogP contribution in [0.4, 0.5) is 4.79 Å². The molecule has 2 rings (SSSR count). The van der Waals surface area contributed by atoms with Gasteiger partial charge in [-0.05, 0) is 44.4 Å². The molecule has 0 heterocycles. The second-order valence-corrected chi connectivity index (χ2v) is 6.49. The molecule has 2 fully saturated rings. The van der Waals surface area contributed by atoms with Crippen LogP contribution in [0, 0.1) is 11.3 Å². The van der Waals surface area contributed by atoms with Crippen molar-refractivity contribution in [1.29, 1.82) is 0 Å². The number of hydrogen-bond donors (Lipinski definition) is 3. The molecule has 0 atom stereocenters. The summed E-state index contributed by atoms with van der Waals surface area (Å²) in [5, 5.41) is 15.2. The van der Waals surface area contributed by atoms with Gasteiger partial charge in [-0.2, -0.15) is 0 Å². The first kappa shape index (κ1) is 14.6. The Morgan fingerprint density at radius 2 is 1.95 bits per heavy atom. The van der Waals surface area contributed by atoms with Crippen molar-refractivity contribution in [3.05, 3.63) is 0 Å². The Labute approximate surface area is 116 Å². The van der Waals surface area contributed by atoms with Crippen molar-refractivity contribution in [3.63, 3.8) is 0 Å². The van der Waals surface area contributed by atoms with E-state index >= 15 is 0 Å². The fourth-order valence-electron chi connectivity index (χ4n) is 3.08. The summed E-state index contributed by atoms with van der Waals surface area (Å²) in [6, 6.07) is 0.288. The first-order chi connectivity index (χ1) is 9.17. The molecule has 0 aromatic carbocycles. The maximum absolute atomic E-state index is 11.8. The maximum Gasteiger partial charge on any atom is 0.315 e. The normalized spacial score (nSPS) is 28.7. The number of aliphatic hydroxyl groups excluding tert-OH is 1. The standard InChI is InChI=1S/C15H28N2O2/c1-2-3-12-4-6-13(7-5-12)17-14(19)16-10-15(11-18)8-9-15/h12-13,18H,2-11H2,1H3,(H2,16,17,19). The number of nitrogens with one attached hydrogen (secondary N) is 2. The van der Waals surface area contributed by atoms with Crippen molar-refractivity contribution in [2.24, 2.45) is 11.3 Å². The zero-order chi connectivity index (χ0) is 13.7. The molecule has 2 aliphatic rings. The van der Waals surface area contributed by atoms with Crippen molar-refractivity contribution in [1.82, 2.24) is 10.6 Å². The van der Waals surface area contributed by atoms with Gasteiger partial charge in [0.05, 0.1) is 6.61 Å². The maximum atomic E-state index is 11.8.